The fourth-order valence-corrected chi connectivity index (χ4v) is 2.44. The summed E-state index contributed by atoms with van der Waals surface area (Å²) in [6.07, 6.45) is 1.32. The summed E-state index contributed by atoms with van der Waals surface area (Å²) >= 11 is 0. The topological polar surface area (TPSA) is 126 Å². The van der Waals surface area contributed by atoms with Crippen LogP contribution in [0.2, 0.25) is 0 Å². The first kappa shape index (κ1) is 17.9. The number of carboxylic acid groups (broad SMARTS) is 1. The molecule has 2 heterocycles. The number of esters is 1. The van der Waals surface area contributed by atoms with Crippen molar-refractivity contribution in [2.75, 3.05) is 13.7 Å². The van der Waals surface area contributed by atoms with E-state index in [0.29, 0.717) is 11.3 Å². The molecule has 0 saturated carbocycles. The molecular weight excluding hydrogens is 356 g/mol. The van der Waals surface area contributed by atoms with Gasteiger partial charge in [-0.15, -0.1) is 0 Å². The van der Waals surface area contributed by atoms with Gasteiger partial charge in [-0.2, -0.15) is 0 Å². The van der Waals surface area contributed by atoms with Crippen LogP contribution in [0.25, 0.3) is 17.4 Å². The lowest BCUT2D eigenvalue weighted by Crippen LogP contribution is -2.36. The van der Waals surface area contributed by atoms with Crippen molar-refractivity contribution in [1.29, 1.82) is 0 Å². The Hall–Kier alpha value is -3.88. The molecule has 1 aliphatic heterocycles. The number of rotatable bonds is 5. The number of nitrogens with zero attached hydrogens (tertiary/aromatic N) is 1. The van der Waals surface area contributed by atoms with Gasteiger partial charge in [0.05, 0.1) is 12.7 Å². The monoisotopic (exact) mass is 370 g/mol. The first-order valence-corrected chi connectivity index (χ1v) is 7.74. The minimum Gasteiger partial charge on any atom is -0.478 e. The van der Waals surface area contributed by atoms with Crippen LogP contribution >= 0.6 is 0 Å². The molecule has 0 aliphatic carbocycles. The number of nitrogens with one attached hydrogen (secondary N) is 1. The number of furan rings is 1. The summed E-state index contributed by atoms with van der Waals surface area (Å²) in [4.78, 5) is 47.1. The van der Waals surface area contributed by atoms with E-state index in [1.165, 1.54) is 18.2 Å². The van der Waals surface area contributed by atoms with E-state index in [-0.39, 0.29) is 17.0 Å². The zero-order valence-corrected chi connectivity index (χ0v) is 14.1. The van der Waals surface area contributed by atoms with Crippen LogP contribution in [-0.2, 0) is 14.3 Å². The highest BCUT2D eigenvalue weighted by molar-refractivity contribution is 6.15. The number of urea groups is 1. The summed E-state index contributed by atoms with van der Waals surface area (Å²) in [6, 6.07) is 8.63. The second-order valence-electron chi connectivity index (χ2n) is 5.54. The largest absolute Gasteiger partial charge is 0.478 e. The van der Waals surface area contributed by atoms with Crippen LogP contribution in [0.1, 0.15) is 16.1 Å². The van der Waals surface area contributed by atoms with Crippen molar-refractivity contribution in [1.82, 2.24) is 10.2 Å². The Bertz CT molecular complexity index is 974. The first-order chi connectivity index (χ1) is 12.9. The number of imide groups is 1. The third kappa shape index (κ3) is 3.71. The van der Waals surface area contributed by atoms with E-state index in [0.717, 1.165) is 12.0 Å². The molecule has 9 heteroatoms. The van der Waals surface area contributed by atoms with E-state index < -0.39 is 30.4 Å². The fraction of sp³-hybridized carbons (Fsp3) is 0.111. The molecule has 27 heavy (non-hydrogen) atoms. The lowest BCUT2D eigenvalue weighted by Gasteiger charge is -2.08. The Morgan fingerprint density at radius 3 is 2.74 bits per heavy atom. The van der Waals surface area contributed by atoms with Gasteiger partial charge < -0.3 is 19.6 Å². The Labute approximate surface area is 152 Å². The molecule has 1 aromatic carbocycles. The third-order valence-electron chi connectivity index (χ3n) is 3.78. The summed E-state index contributed by atoms with van der Waals surface area (Å²) < 4.78 is 10.1. The molecule has 0 radical (unpaired) electrons. The average Bonchev–Trinajstić information content (AvgIpc) is 3.22. The van der Waals surface area contributed by atoms with Gasteiger partial charge in [0, 0.05) is 11.6 Å². The van der Waals surface area contributed by atoms with Gasteiger partial charge in [0.25, 0.3) is 5.91 Å². The second-order valence-corrected chi connectivity index (χ2v) is 5.54. The molecule has 0 atom stereocenters. The minimum absolute atomic E-state index is 0.0518. The number of ether oxygens (including phenoxy) is 1. The summed E-state index contributed by atoms with van der Waals surface area (Å²) in [5, 5.41) is 11.4. The number of methoxy groups -OCH3 is 1. The van der Waals surface area contributed by atoms with Crippen LogP contribution in [-0.4, -0.2) is 47.5 Å². The number of benzene rings is 1. The molecule has 3 rings (SSSR count). The van der Waals surface area contributed by atoms with Crippen LogP contribution in [0, 0.1) is 0 Å². The van der Waals surface area contributed by atoms with Crippen molar-refractivity contribution >= 4 is 30.0 Å². The Kier molecular flexibility index (Phi) is 4.75. The zero-order chi connectivity index (χ0) is 19.6. The number of hydrogen-bond donors (Lipinski definition) is 2. The number of amides is 3. The lowest BCUT2D eigenvalue weighted by atomic mass is 10.1. The smallest absolute Gasteiger partial charge is 0.335 e. The molecule has 0 bridgehead atoms. The van der Waals surface area contributed by atoms with Crippen molar-refractivity contribution in [3.05, 3.63) is 53.4 Å². The van der Waals surface area contributed by atoms with E-state index in [1.54, 1.807) is 24.3 Å². The fourth-order valence-electron chi connectivity index (χ4n) is 2.44. The van der Waals surface area contributed by atoms with E-state index in [2.05, 4.69) is 10.1 Å². The van der Waals surface area contributed by atoms with E-state index in [1.807, 2.05) is 0 Å². The van der Waals surface area contributed by atoms with E-state index in [9.17, 15) is 19.2 Å². The average molecular weight is 370 g/mol. The molecule has 1 fully saturated rings. The third-order valence-corrected chi connectivity index (χ3v) is 3.78. The number of aromatic carboxylic acids is 1. The highest BCUT2D eigenvalue weighted by Crippen LogP contribution is 2.25. The maximum atomic E-state index is 12.2. The number of hydrogen-bond acceptors (Lipinski definition) is 6. The zero-order valence-electron chi connectivity index (χ0n) is 14.1. The predicted octanol–water partition coefficient (Wildman–Crippen LogP) is 1.71. The first-order valence-electron chi connectivity index (χ1n) is 7.74. The Balaban J connectivity index is 1.82. The van der Waals surface area contributed by atoms with Gasteiger partial charge in [0.2, 0.25) is 0 Å². The molecule has 1 aliphatic rings. The van der Waals surface area contributed by atoms with Crippen LogP contribution in [0.3, 0.4) is 0 Å². The van der Waals surface area contributed by atoms with Crippen LogP contribution in [0.4, 0.5) is 4.79 Å². The molecule has 9 nitrogen and oxygen atoms in total. The van der Waals surface area contributed by atoms with Gasteiger partial charge in [-0.25, -0.2) is 14.5 Å². The van der Waals surface area contributed by atoms with Gasteiger partial charge in [-0.05, 0) is 24.3 Å². The summed E-state index contributed by atoms with van der Waals surface area (Å²) in [5.41, 5.74) is 0.609. The Morgan fingerprint density at radius 1 is 1.26 bits per heavy atom. The summed E-state index contributed by atoms with van der Waals surface area (Å²) in [5.74, 6) is -1.80. The van der Waals surface area contributed by atoms with Gasteiger partial charge in [0.1, 0.15) is 23.8 Å². The van der Waals surface area contributed by atoms with Gasteiger partial charge in [-0.1, -0.05) is 12.1 Å². The van der Waals surface area contributed by atoms with Gasteiger partial charge in [-0.3, -0.25) is 9.59 Å². The van der Waals surface area contributed by atoms with Crippen LogP contribution in [0.5, 0.6) is 0 Å². The lowest BCUT2D eigenvalue weighted by molar-refractivity contribution is -0.143. The highest BCUT2D eigenvalue weighted by atomic mass is 16.5. The SMILES string of the molecule is COC(=O)CN1C(=O)N/C(=C\c2ccc(-c3cccc(C(=O)O)c3)o2)C1=O. The molecule has 0 unspecified atom stereocenters. The van der Waals surface area contributed by atoms with Crippen LogP contribution < -0.4 is 5.32 Å². The van der Waals surface area contributed by atoms with E-state index in [4.69, 9.17) is 9.52 Å². The molecule has 2 aromatic rings. The maximum absolute atomic E-state index is 12.2. The molecule has 1 saturated heterocycles. The maximum Gasteiger partial charge on any atom is 0.335 e. The van der Waals surface area contributed by atoms with Crippen molar-refractivity contribution in [3.8, 4) is 11.3 Å². The van der Waals surface area contributed by atoms with Crippen LogP contribution in [0.15, 0.2) is 46.5 Å². The summed E-state index contributed by atoms with van der Waals surface area (Å²) in [6.45, 7) is -0.496. The summed E-state index contributed by atoms with van der Waals surface area (Å²) in [7, 11) is 1.15. The van der Waals surface area contributed by atoms with Crippen molar-refractivity contribution < 1.29 is 33.4 Å². The van der Waals surface area contributed by atoms with E-state index >= 15 is 0 Å². The molecular formula is C18H14N2O7. The molecule has 2 N–H and O–H groups in total. The predicted molar refractivity (Wildman–Crippen MR) is 91.3 cm³/mol. The van der Waals surface area contributed by atoms with Gasteiger partial charge in [0.15, 0.2) is 0 Å². The standard InChI is InChI=1S/C18H14N2O7/c1-26-15(21)9-20-16(22)13(19-18(20)25)8-12-5-6-14(27-12)10-3-2-4-11(7-10)17(23)24/h2-8H,9H2,1H3,(H,19,25)(H,23,24)/b13-8-. The number of carbonyl (C=O) groups excluding carboxylic acids is 3. The molecule has 3 amide bonds. The minimum atomic E-state index is -1.06. The quantitative estimate of drug-likeness (QED) is 0.466. The normalized spacial score (nSPS) is 15.1. The molecule has 0 spiro atoms. The highest BCUT2D eigenvalue weighted by Gasteiger charge is 2.35. The number of carboxylic acids is 1. The van der Waals surface area contributed by atoms with Crippen molar-refractivity contribution in [2.45, 2.75) is 0 Å². The molecule has 138 valence electrons. The second kappa shape index (κ2) is 7.16. The van der Waals surface area contributed by atoms with Gasteiger partial charge >= 0.3 is 18.0 Å². The molecule has 1 aromatic heterocycles. The van der Waals surface area contributed by atoms with Crippen molar-refractivity contribution in [2.24, 2.45) is 0 Å². The Morgan fingerprint density at radius 2 is 2.04 bits per heavy atom. The van der Waals surface area contributed by atoms with Crippen molar-refractivity contribution in [3.63, 3.8) is 0 Å². The number of carbonyl (C=O) groups is 4.